The van der Waals surface area contributed by atoms with Gasteiger partial charge in [-0.2, -0.15) is 0 Å². The minimum absolute atomic E-state index is 0.00876. The Bertz CT molecular complexity index is 462. The van der Waals surface area contributed by atoms with Gasteiger partial charge in [-0.05, 0) is 44.8 Å². The summed E-state index contributed by atoms with van der Waals surface area (Å²) < 4.78 is 0. The van der Waals surface area contributed by atoms with Gasteiger partial charge in [-0.1, -0.05) is 6.92 Å². The van der Waals surface area contributed by atoms with Crippen molar-refractivity contribution >= 4 is 11.9 Å². The number of rotatable bonds is 4. The zero-order valence-electron chi connectivity index (χ0n) is 15.9. The molecule has 2 unspecified atom stereocenters. The van der Waals surface area contributed by atoms with Crippen LogP contribution in [0, 0.1) is 5.92 Å². The monoisotopic (exact) mass is 370 g/mol. The lowest BCUT2D eigenvalue weighted by Crippen LogP contribution is -2.44. The van der Waals surface area contributed by atoms with Crippen molar-refractivity contribution in [1.82, 2.24) is 20.0 Å². The number of nitrogens with zero attached hydrogens (tertiary/aromatic N) is 3. The molecule has 150 valence electrons. The first-order valence-electron chi connectivity index (χ1n) is 9.77. The lowest BCUT2D eigenvalue weighted by Gasteiger charge is -2.29. The topological polar surface area (TPSA) is 96.4 Å². The predicted molar refractivity (Wildman–Crippen MR) is 99.4 cm³/mol. The van der Waals surface area contributed by atoms with Crippen LogP contribution in [0.4, 0.5) is 0 Å². The summed E-state index contributed by atoms with van der Waals surface area (Å²) >= 11 is 0. The summed E-state index contributed by atoms with van der Waals surface area (Å²) in [5.41, 5.74) is 0. The van der Waals surface area contributed by atoms with Crippen LogP contribution in [-0.4, -0.2) is 108 Å². The van der Waals surface area contributed by atoms with Gasteiger partial charge in [-0.15, -0.1) is 0 Å². The van der Waals surface area contributed by atoms with Crippen LogP contribution in [0.3, 0.4) is 0 Å². The molecule has 2 atom stereocenters. The van der Waals surface area contributed by atoms with Gasteiger partial charge in [0.15, 0.2) is 0 Å². The third-order valence-electron chi connectivity index (χ3n) is 5.31. The van der Waals surface area contributed by atoms with Crippen LogP contribution in [0.25, 0.3) is 0 Å². The Morgan fingerprint density at radius 2 is 1.58 bits per heavy atom. The molecule has 2 heterocycles. The molecule has 3 N–H and O–H groups in total. The highest BCUT2D eigenvalue weighted by atomic mass is 16.4. The molecule has 0 aromatic rings. The Balaban J connectivity index is 1.96. The molecule has 8 nitrogen and oxygen atoms in total. The van der Waals surface area contributed by atoms with Gasteiger partial charge < -0.3 is 15.5 Å². The molecule has 2 saturated heterocycles. The molecule has 2 aliphatic rings. The number of carboxylic acids is 2. The maximum atomic E-state index is 11.2. The number of fused-ring (bicyclic) bond motifs is 1. The smallest absolute Gasteiger partial charge is 0.317 e. The lowest BCUT2D eigenvalue weighted by atomic mass is 10.1. The van der Waals surface area contributed by atoms with E-state index in [1.54, 1.807) is 0 Å². The van der Waals surface area contributed by atoms with Crippen molar-refractivity contribution in [2.45, 2.75) is 32.2 Å². The Kier molecular flexibility index (Phi) is 8.77. The number of hydrogen-bond donors (Lipinski definition) is 3. The number of carbonyl (C=O) groups is 2. The second kappa shape index (κ2) is 10.8. The standard InChI is InChI=1S/C18H34N4O4/c1-15-10-16-11-19-4-2-5-20(13-17(23)24)8-9-21(14-18(25)26)6-3-7-22(16)12-15/h15-16,19H,2-14H2,1H3,(H,23,24)(H,25,26). The number of aliphatic carboxylic acids is 2. The first kappa shape index (κ1) is 21.1. The van der Waals surface area contributed by atoms with Gasteiger partial charge in [0.25, 0.3) is 0 Å². The molecule has 2 aliphatic heterocycles. The fraction of sp³-hybridized carbons (Fsp3) is 0.889. The zero-order chi connectivity index (χ0) is 18.9. The van der Waals surface area contributed by atoms with Crippen molar-refractivity contribution < 1.29 is 19.8 Å². The highest BCUT2D eigenvalue weighted by molar-refractivity contribution is 5.69. The maximum absolute atomic E-state index is 11.2. The lowest BCUT2D eigenvalue weighted by molar-refractivity contribution is -0.140. The molecule has 0 radical (unpaired) electrons. The fourth-order valence-corrected chi connectivity index (χ4v) is 4.12. The minimum atomic E-state index is -0.834. The van der Waals surface area contributed by atoms with Crippen LogP contribution in [-0.2, 0) is 9.59 Å². The van der Waals surface area contributed by atoms with Gasteiger partial charge in [0, 0.05) is 38.8 Å². The van der Waals surface area contributed by atoms with E-state index in [9.17, 15) is 9.59 Å². The summed E-state index contributed by atoms with van der Waals surface area (Å²) in [4.78, 5) is 28.6. The van der Waals surface area contributed by atoms with Crippen molar-refractivity contribution in [2.24, 2.45) is 5.92 Å². The molecule has 0 aromatic carbocycles. The van der Waals surface area contributed by atoms with Gasteiger partial charge in [0.2, 0.25) is 0 Å². The van der Waals surface area contributed by atoms with E-state index in [0.29, 0.717) is 31.6 Å². The van der Waals surface area contributed by atoms with E-state index in [1.807, 2.05) is 9.80 Å². The molecule has 2 rings (SSSR count). The predicted octanol–water partition coefficient (Wildman–Crippen LogP) is -0.147. The molecule has 0 saturated carbocycles. The van der Waals surface area contributed by atoms with E-state index in [-0.39, 0.29) is 13.1 Å². The van der Waals surface area contributed by atoms with Gasteiger partial charge >= 0.3 is 11.9 Å². The van der Waals surface area contributed by atoms with E-state index < -0.39 is 11.9 Å². The van der Waals surface area contributed by atoms with Crippen molar-refractivity contribution in [2.75, 3.05) is 65.4 Å². The third kappa shape index (κ3) is 7.57. The van der Waals surface area contributed by atoms with Gasteiger partial charge in [-0.25, -0.2) is 0 Å². The van der Waals surface area contributed by atoms with Crippen LogP contribution in [0.1, 0.15) is 26.2 Å². The average Bonchev–Trinajstić information content (AvgIpc) is 2.90. The summed E-state index contributed by atoms with van der Waals surface area (Å²) in [6.07, 6.45) is 3.04. The summed E-state index contributed by atoms with van der Waals surface area (Å²) in [7, 11) is 0. The Morgan fingerprint density at radius 3 is 2.19 bits per heavy atom. The van der Waals surface area contributed by atoms with Gasteiger partial charge in [0.1, 0.15) is 0 Å². The van der Waals surface area contributed by atoms with Crippen molar-refractivity contribution in [3.63, 3.8) is 0 Å². The summed E-state index contributed by atoms with van der Waals surface area (Å²) in [6, 6.07) is 0.552. The summed E-state index contributed by atoms with van der Waals surface area (Å²) in [5.74, 6) is -0.953. The fourth-order valence-electron chi connectivity index (χ4n) is 4.12. The van der Waals surface area contributed by atoms with Crippen LogP contribution in [0.15, 0.2) is 0 Å². The zero-order valence-corrected chi connectivity index (χ0v) is 15.9. The molecule has 2 fully saturated rings. The maximum Gasteiger partial charge on any atom is 0.317 e. The SMILES string of the molecule is CC1CC2CNCCCN(CC(=O)O)CCN(CC(=O)O)CCCN2C1. The summed E-state index contributed by atoms with van der Waals surface area (Å²) in [5, 5.41) is 21.8. The quantitative estimate of drug-likeness (QED) is 0.629. The van der Waals surface area contributed by atoms with E-state index in [4.69, 9.17) is 10.2 Å². The first-order valence-corrected chi connectivity index (χ1v) is 9.77. The molecule has 0 bridgehead atoms. The second-order valence-electron chi connectivity index (χ2n) is 7.74. The molecule has 8 heteroatoms. The van der Waals surface area contributed by atoms with Crippen molar-refractivity contribution in [1.29, 1.82) is 0 Å². The number of hydrogen-bond acceptors (Lipinski definition) is 6. The Hall–Kier alpha value is -1.22. The normalized spacial score (nSPS) is 28.3. The van der Waals surface area contributed by atoms with E-state index in [0.717, 1.165) is 45.6 Å². The van der Waals surface area contributed by atoms with Crippen LogP contribution < -0.4 is 5.32 Å². The Morgan fingerprint density at radius 1 is 0.962 bits per heavy atom. The third-order valence-corrected chi connectivity index (χ3v) is 5.31. The molecular formula is C18H34N4O4. The number of nitrogens with one attached hydrogen (secondary N) is 1. The van der Waals surface area contributed by atoms with E-state index >= 15 is 0 Å². The van der Waals surface area contributed by atoms with E-state index in [2.05, 4.69) is 17.1 Å². The van der Waals surface area contributed by atoms with Crippen LogP contribution >= 0.6 is 0 Å². The van der Waals surface area contributed by atoms with Crippen molar-refractivity contribution in [3.8, 4) is 0 Å². The molecule has 0 spiro atoms. The molecular weight excluding hydrogens is 336 g/mol. The molecule has 26 heavy (non-hydrogen) atoms. The van der Waals surface area contributed by atoms with E-state index in [1.165, 1.54) is 6.42 Å². The average molecular weight is 370 g/mol. The highest BCUT2D eigenvalue weighted by Gasteiger charge is 2.29. The van der Waals surface area contributed by atoms with Crippen LogP contribution in [0.5, 0.6) is 0 Å². The Labute approximate surface area is 156 Å². The first-order chi connectivity index (χ1) is 12.4. The molecule has 0 aliphatic carbocycles. The van der Waals surface area contributed by atoms with Crippen LogP contribution in [0.2, 0.25) is 0 Å². The second-order valence-corrected chi connectivity index (χ2v) is 7.74. The molecule has 0 aromatic heterocycles. The highest BCUT2D eigenvalue weighted by Crippen LogP contribution is 2.22. The van der Waals surface area contributed by atoms with Crippen molar-refractivity contribution in [3.05, 3.63) is 0 Å². The minimum Gasteiger partial charge on any atom is -0.480 e. The van der Waals surface area contributed by atoms with Gasteiger partial charge in [-0.3, -0.25) is 24.3 Å². The molecule has 0 amide bonds. The number of carboxylic acid groups (broad SMARTS) is 2. The summed E-state index contributed by atoms with van der Waals surface area (Å²) in [6.45, 7) is 8.91. The largest absolute Gasteiger partial charge is 0.480 e. The van der Waals surface area contributed by atoms with Gasteiger partial charge in [0.05, 0.1) is 13.1 Å².